The van der Waals surface area contributed by atoms with E-state index in [0.717, 1.165) is 81.0 Å². The van der Waals surface area contributed by atoms with Gasteiger partial charge in [0.15, 0.2) is 0 Å². The Morgan fingerprint density at radius 2 is 1.91 bits per heavy atom. The highest BCUT2D eigenvalue weighted by Crippen LogP contribution is 2.39. The molecule has 2 fully saturated rings. The molecule has 3 aliphatic heterocycles. The maximum absolute atomic E-state index is 10.7. The van der Waals surface area contributed by atoms with Crippen LogP contribution in [0.1, 0.15) is 22.7 Å². The molecule has 2 saturated heterocycles. The van der Waals surface area contributed by atoms with Crippen molar-refractivity contribution in [1.29, 1.82) is 5.26 Å². The van der Waals surface area contributed by atoms with Gasteiger partial charge in [0.05, 0.1) is 23.3 Å². The number of hydrogen-bond acceptors (Lipinski definition) is 8. The molecular weight excluding hydrogens is 425 g/mol. The SMILES string of the molecule is N#Cc1ccc(N2CCN3Cc4cc(N5CCN([B]C=O)CC5)ncc4C3C2)c2cccnc12. The van der Waals surface area contributed by atoms with Gasteiger partial charge in [-0.25, -0.2) is 4.98 Å². The second-order valence-electron chi connectivity index (χ2n) is 9.13. The van der Waals surface area contributed by atoms with E-state index >= 15 is 0 Å². The number of aromatic nitrogens is 2. The Hall–Kier alpha value is -3.48. The molecule has 1 atom stereocenters. The molecule has 8 nitrogen and oxygen atoms in total. The van der Waals surface area contributed by atoms with Crippen LogP contribution in [0.2, 0.25) is 0 Å². The number of piperazine rings is 2. The van der Waals surface area contributed by atoms with E-state index in [1.807, 2.05) is 12.1 Å². The highest BCUT2D eigenvalue weighted by atomic mass is 16.1. The van der Waals surface area contributed by atoms with Crippen molar-refractivity contribution in [3.05, 3.63) is 59.4 Å². The van der Waals surface area contributed by atoms with Gasteiger partial charge in [-0.3, -0.25) is 9.88 Å². The number of carbonyl (C=O) groups is 1. The van der Waals surface area contributed by atoms with Crippen LogP contribution in [-0.2, 0) is 11.3 Å². The van der Waals surface area contributed by atoms with Crippen LogP contribution < -0.4 is 9.80 Å². The molecule has 6 rings (SSSR count). The molecule has 34 heavy (non-hydrogen) atoms. The molecule has 0 saturated carbocycles. The number of rotatable bonds is 4. The van der Waals surface area contributed by atoms with Gasteiger partial charge in [0.25, 0.3) is 7.41 Å². The summed E-state index contributed by atoms with van der Waals surface area (Å²) in [7, 11) is 1.63. The fraction of sp³-hybridized carbons (Fsp3) is 0.360. The summed E-state index contributed by atoms with van der Waals surface area (Å²) >= 11 is 0. The summed E-state index contributed by atoms with van der Waals surface area (Å²) in [5.41, 5.74) is 5.21. The van der Waals surface area contributed by atoms with Gasteiger partial charge in [-0.1, -0.05) is 0 Å². The number of hydrogen-bond donors (Lipinski definition) is 0. The van der Waals surface area contributed by atoms with Crippen LogP contribution in [0.3, 0.4) is 0 Å². The Kier molecular flexibility index (Phi) is 5.40. The molecule has 169 valence electrons. The van der Waals surface area contributed by atoms with Crippen molar-refractivity contribution >= 4 is 36.0 Å². The summed E-state index contributed by atoms with van der Waals surface area (Å²) in [6.07, 6.45) is 4.68. The third-order valence-corrected chi connectivity index (χ3v) is 7.35. The lowest BCUT2D eigenvalue weighted by Gasteiger charge is -2.39. The van der Waals surface area contributed by atoms with Crippen molar-refractivity contribution < 1.29 is 4.79 Å². The minimum absolute atomic E-state index is 0.312. The van der Waals surface area contributed by atoms with Crippen LogP contribution in [0.4, 0.5) is 11.5 Å². The molecule has 2 aromatic heterocycles. The highest BCUT2D eigenvalue weighted by Gasteiger charge is 2.36. The monoisotopic (exact) mass is 450 g/mol. The second kappa shape index (κ2) is 8.71. The van der Waals surface area contributed by atoms with Crippen molar-refractivity contribution in [3.63, 3.8) is 0 Å². The molecule has 1 aromatic carbocycles. The summed E-state index contributed by atoms with van der Waals surface area (Å²) in [6.45, 7) is 7.20. The normalized spacial score (nSPS) is 20.6. The van der Waals surface area contributed by atoms with Crippen LogP contribution in [0.25, 0.3) is 10.9 Å². The summed E-state index contributed by atoms with van der Waals surface area (Å²) in [6, 6.07) is 12.8. The third-order valence-electron chi connectivity index (χ3n) is 7.35. The molecule has 3 aliphatic rings. The summed E-state index contributed by atoms with van der Waals surface area (Å²) < 4.78 is 0. The fourth-order valence-electron chi connectivity index (χ4n) is 5.56. The Morgan fingerprint density at radius 1 is 1.06 bits per heavy atom. The van der Waals surface area contributed by atoms with Crippen molar-refractivity contribution in [3.8, 4) is 6.07 Å². The number of pyridine rings is 2. The first-order chi connectivity index (χ1) is 16.7. The van der Waals surface area contributed by atoms with Crippen molar-refractivity contribution in [2.24, 2.45) is 0 Å². The maximum Gasteiger partial charge on any atom is 0.293 e. The van der Waals surface area contributed by atoms with E-state index < -0.39 is 0 Å². The van der Waals surface area contributed by atoms with Gasteiger partial charge in [0.1, 0.15) is 11.9 Å². The minimum Gasteiger partial charge on any atom is -0.368 e. The summed E-state index contributed by atoms with van der Waals surface area (Å²) in [5, 5.41) is 10.5. The first-order valence-electron chi connectivity index (χ1n) is 11.8. The number of fused-ring (bicyclic) bond motifs is 4. The fourth-order valence-corrected chi connectivity index (χ4v) is 5.56. The average molecular weight is 450 g/mol. The average Bonchev–Trinajstić information content (AvgIpc) is 3.26. The molecule has 5 heterocycles. The predicted octanol–water partition coefficient (Wildman–Crippen LogP) is 1.81. The third kappa shape index (κ3) is 3.60. The molecule has 0 N–H and O–H groups in total. The number of nitrogens with zero attached hydrogens (tertiary/aromatic N) is 7. The molecule has 0 bridgehead atoms. The number of nitriles is 1. The van der Waals surface area contributed by atoms with Gasteiger partial charge in [-0.2, -0.15) is 5.26 Å². The lowest BCUT2D eigenvalue weighted by molar-refractivity contribution is 0.195. The van der Waals surface area contributed by atoms with Crippen LogP contribution >= 0.6 is 0 Å². The second-order valence-corrected chi connectivity index (χ2v) is 9.13. The first-order valence-corrected chi connectivity index (χ1v) is 11.8. The van der Waals surface area contributed by atoms with Crippen LogP contribution in [-0.4, -0.2) is 79.1 Å². The molecule has 0 spiro atoms. The molecule has 0 aliphatic carbocycles. The van der Waals surface area contributed by atoms with Gasteiger partial charge in [0, 0.05) is 75.8 Å². The molecule has 3 aromatic rings. The molecule has 1 unspecified atom stereocenters. The number of benzene rings is 1. The predicted molar refractivity (Wildman–Crippen MR) is 132 cm³/mol. The lowest BCUT2D eigenvalue weighted by Crippen LogP contribution is -2.48. The standard InChI is InChI=1S/C25H25BN7O/c27-13-18-3-4-22(20-2-1-5-28-25(18)20)32-7-6-31-15-19-12-24(29-14-21(19)23(31)16-32)30-8-10-33(11-9-30)26-17-34/h1-5,12,14,17,23H,6-11,15-16H2. The zero-order chi connectivity index (χ0) is 23.1. The lowest BCUT2D eigenvalue weighted by atomic mass is 9.93. The Labute approximate surface area is 199 Å². The maximum atomic E-state index is 10.7. The molecular formula is C25H25BN7O. The van der Waals surface area contributed by atoms with E-state index in [9.17, 15) is 10.1 Å². The number of anilines is 2. The van der Waals surface area contributed by atoms with Gasteiger partial charge in [-0.15, -0.1) is 0 Å². The zero-order valence-electron chi connectivity index (χ0n) is 19.0. The Morgan fingerprint density at radius 3 is 2.74 bits per heavy atom. The van der Waals surface area contributed by atoms with Gasteiger partial charge < -0.3 is 19.4 Å². The van der Waals surface area contributed by atoms with Crippen LogP contribution in [0, 0.1) is 11.3 Å². The largest absolute Gasteiger partial charge is 0.368 e. The van der Waals surface area contributed by atoms with Crippen LogP contribution in [0.5, 0.6) is 0 Å². The Bertz CT molecular complexity index is 1280. The van der Waals surface area contributed by atoms with Crippen molar-refractivity contribution in [1.82, 2.24) is 19.7 Å². The van der Waals surface area contributed by atoms with Gasteiger partial charge in [0.2, 0.25) is 0 Å². The van der Waals surface area contributed by atoms with Crippen LogP contribution in [0.15, 0.2) is 42.7 Å². The highest BCUT2D eigenvalue weighted by molar-refractivity contribution is 6.64. The van der Waals surface area contributed by atoms with E-state index in [0.29, 0.717) is 11.6 Å². The quantitative estimate of drug-likeness (QED) is 0.440. The van der Waals surface area contributed by atoms with Crippen molar-refractivity contribution in [2.75, 3.05) is 55.6 Å². The Balaban J connectivity index is 1.23. The zero-order valence-corrected chi connectivity index (χ0v) is 19.0. The van der Waals surface area contributed by atoms with E-state index in [2.05, 4.69) is 55.0 Å². The van der Waals surface area contributed by atoms with E-state index in [4.69, 9.17) is 4.98 Å². The topological polar surface area (TPSA) is 79.6 Å². The molecule has 0 amide bonds. The van der Waals surface area contributed by atoms with E-state index in [1.165, 1.54) is 11.1 Å². The van der Waals surface area contributed by atoms with E-state index in [-0.39, 0.29) is 0 Å². The molecule has 9 heteroatoms. The summed E-state index contributed by atoms with van der Waals surface area (Å²) in [5.74, 6) is 1.03. The number of carbonyl (C=O) groups excluding carboxylic acids is 1. The molecule has 1 radical (unpaired) electrons. The van der Waals surface area contributed by atoms with Crippen molar-refractivity contribution in [2.45, 2.75) is 12.6 Å². The van der Waals surface area contributed by atoms with Gasteiger partial charge >= 0.3 is 0 Å². The minimum atomic E-state index is 0.312. The smallest absolute Gasteiger partial charge is 0.293 e. The van der Waals surface area contributed by atoms with Gasteiger partial charge in [-0.05, 0) is 41.5 Å². The van der Waals surface area contributed by atoms with E-state index in [1.54, 1.807) is 13.6 Å². The first kappa shape index (κ1) is 21.1. The summed E-state index contributed by atoms with van der Waals surface area (Å²) in [4.78, 5) is 29.4.